The maximum absolute atomic E-state index is 12.6. The number of amides is 1. The molecule has 0 spiro atoms. The van der Waals surface area contributed by atoms with E-state index in [9.17, 15) is 4.79 Å². The Kier molecular flexibility index (Phi) is 4.97. The van der Waals surface area contributed by atoms with Crippen LogP contribution in [0, 0.1) is 0 Å². The summed E-state index contributed by atoms with van der Waals surface area (Å²) in [6.45, 7) is 6.22. The van der Waals surface area contributed by atoms with Gasteiger partial charge >= 0.3 is 0 Å². The summed E-state index contributed by atoms with van der Waals surface area (Å²) in [7, 11) is 1.85. The number of hydrogen-bond donors (Lipinski definition) is 1. The highest BCUT2D eigenvalue weighted by Gasteiger charge is 2.34. The van der Waals surface area contributed by atoms with Gasteiger partial charge in [-0.15, -0.1) is 0 Å². The summed E-state index contributed by atoms with van der Waals surface area (Å²) in [5, 5.41) is 3.52. The molecule has 0 radical (unpaired) electrons. The van der Waals surface area contributed by atoms with Crippen molar-refractivity contribution in [3.8, 4) is 11.1 Å². The second-order valence-electron chi connectivity index (χ2n) is 7.72. The molecule has 0 bridgehead atoms. The Hall–Kier alpha value is -3.34. The molecular weight excluding hydrogens is 360 g/mol. The number of carbonyl (C=O) groups excluding carboxylic acids is 1. The van der Waals surface area contributed by atoms with E-state index in [1.54, 1.807) is 17.3 Å². The number of benzene rings is 2. The van der Waals surface area contributed by atoms with Crippen molar-refractivity contribution >= 4 is 28.7 Å². The SMILES string of the molecule is CC(C)N1c2cc(Nc3cccc(-c4ccncc4)c3)ccc2N(C)C(=O)C1C. The fraction of sp³-hybridized carbons (Fsp3) is 0.250. The van der Waals surface area contributed by atoms with Crippen LogP contribution in [-0.2, 0) is 4.79 Å². The number of nitrogens with one attached hydrogen (secondary N) is 1. The molecule has 0 saturated heterocycles. The largest absolute Gasteiger partial charge is 0.356 e. The topological polar surface area (TPSA) is 48.5 Å². The number of hydrogen-bond acceptors (Lipinski definition) is 4. The smallest absolute Gasteiger partial charge is 0.249 e. The van der Waals surface area contributed by atoms with Crippen LogP contribution in [0.2, 0.25) is 0 Å². The van der Waals surface area contributed by atoms with Crippen molar-refractivity contribution in [1.29, 1.82) is 0 Å². The summed E-state index contributed by atoms with van der Waals surface area (Å²) < 4.78 is 0. The van der Waals surface area contributed by atoms with E-state index < -0.39 is 0 Å². The lowest BCUT2D eigenvalue weighted by Gasteiger charge is -2.42. The number of carbonyl (C=O) groups is 1. The second-order valence-corrected chi connectivity index (χ2v) is 7.72. The van der Waals surface area contributed by atoms with Crippen molar-refractivity contribution in [2.24, 2.45) is 0 Å². The van der Waals surface area contributed by atoms with Crippen molar-refractivity contribution in [3.63, 3.8) is 0 Å². The molecule has 1 atom stereocenters. The van der Waals surface area contributed by atoms with Gasteiger partial charge in [0.15, 0.2) is 0 Å². The Labute approximate surface area is 172 Å². The molecule has 148 valence electrons. The normalized spacial score (nSPS) is 16.2. The summed E-state index contributed by atoms with van der Waals surface area (Å²) in [5.74, 6) is 0.122. The third-order valence-corrected chi connectivity index (χ3v) is 5.44. The number of aromatic nitrogens is 1. The molecule has 4 rings (SSSR count). The molecule has 1 aromatic heterocycles. The molecule has 1 aliphatic rings. The van der Waals surface area contributed by atoms with Gasteiger partial charge in [0.2, 0.25) is 5.91 Å². The van der Waals surface area contributed by atoms with Crippen molar-refractivity contribution in [3.05, 3.63) is 67.0 Å². The van der Waals surface area contributed by atoms with Gasteiger partial charge in [-0.1, -0.05) is 12.1 Å². The number of anilines is 4. The number of rotatable bonds is 4. The van der Waals surface area contributed by atoms with Crippen LogP contribution in [0.4, 0.5) is 22.7 Å². The zero-order chi connectivity index (χ0) is 20.5. The minimum absolute atomic E-state index is 0.122. The van der Waals surface area contributed by atoms with Gasteiger partial charge in [0.05, 0.1) is 11.4 Å². The molecule has 2 heterocycles. The molecule has 0 fully saturated rings. The molecule has 0 aliphatic carbocycles. The Morgan fingerprint density at radius 1 is 0.931 bits per heavy atom. The van der Waals surface area contributed by atoms with Crippen LogP contribution < -0.4 is 15.1 Å². The van der Waals surface area contributed by atoms with Crippen LogP contribution in [0.25, 0.3) is 11.1 Å². The highest BCUT2D eigenvalue weighted by Crippen LogP contribution is 2.39. The minimum atomic E-state index is -0.183. The molecule has 2 aromatic carbocycles. The van der Waals surface area contributed by atoms with Gasteiger partial charge in [0, 0.05) is 36.9 Å². The fourth-order valence-corrected chi connectivity index (χ4v) is 4.03. The number of likely N-dealkylation sites (N-methyl/N-ethyl adjacent to an activating group) is 1. The van der Waals surface area contributed by atoms with Gasteiger partial charge < -0.3 is 15.1 Å². The zero-order valence-electron chi connectivity index (χ0n) is 17.3. The summed E-state index contributed by atoms with van der Waals surface area (Å²) in [4.78, 5) is 20.7. The molecule has 1 N–H and O–H groups in total. The predicted molar refractivity (Wildman–Crippen MR) is 120 cm³/mol. The zero-order valence-corrected chi connectivity index (χ0v) is 17.3. The van der Waals surface area contributed by atoms with Gasteiger partial charge in [0.25, 0.3) is 0 Å². The van der Waals surface area contributed by atoms with Gasteiger partial charge in [-0.25, -0.2) is 0 Å². The van der Waals surface area contributed by atoms with E-state index >= 15 is 0 Å². The quantitative estimate of drug-likeness (QED) is 0.680. The first-order valence-electron chi connectivity index (χ1n) is 9.93. The van der Waals surface area contributed by atoms with Gasteiger partial charge in [0.1, 0.15) is 6.04 Å². The van der Waals surface area contributed by atoms with Gasteiger partial charge in [-0.3, -0.25) is 9.78 Å². The Bertz CT molecular complexity index is 1030. The first-order valence-corrected chi connectivity index (χ1v) is 9.93. The van der Waals surface area contributed by atoms with Crippen LogP contribution in [0.3, 0.4) is 0 Å². The maximum Gasteiger partial charge on any atom is 0.249 e. The van der Waals surface area contributed by atoms with Crippen molar-refractivity contribution in [2.75, 3.05) is 22.2 Å². The van der Waals surface area contributed by atoms with E-state index in [4.69, 9.17) is 0 Å². The molecule has 0 saturated carbocycles. The molecular formula is C24H26N4O. The summed E-state index contributed by atoms with van der Waals surface area (Å²) in [6, 6.07) is 18.6. The third-order valence-electron chi connectivity index (χ3n) is 5.44. The first-order chi connectivity index (χ1) is 14.0. The average molecular weight is 386 g/mol. The monoisotopic (exact) mass is 386 g/mol. The van der Waals surface area contributed by atoms with E-state index in [1.165, 1.54) is 0 Å². The predicted octanol–water partition coefficient (Wildman–Crippen LogP) is 5.07. The van der Waals surface area contributed by atoms with Crippen LogP contribution >= 0.6 is 0 Å². The Morgan fingerprint density at radius 3 is 2.38 bits per heavy atom. The molecule has 5 nitrogen and oxygen atoms in total. The van der Waals surface area contributed by atoms with E-state index in [2.05, 4.69) is 53.3 Å². The highest BCUT2D eigenvalue weighted by molar-refractivity contribution is 6.05. The van der Waals surface area contributed by atoms with E-state index in [0.29, 0.717) is 0 Å². The first kappa shape index (κ1) is 19.0. The molecule has 29 heavy (non-hydrogen) atoms. The summed E-state index contributed by atoms with van der Waals surface area (Å²) >= 11 is 0. The standard InChI is InChI=1S/C24H26N4O/c1-16(2)28-17(3)24(29)27(4)22-9-8-21(15-23(22)28)26-20-7-5-6-19(14-20)18-10-12-25-13-11-18/h5-17,26H,1-4H3. The molecule has 1 unspecified atom stereocenters. The van der Waals surface area contributed by atoms with Gasteiger partial charge in [-0.05, 0) is 74.4 Å². The molecule has 5 heteroatoms. The number of pyridine rings is 1. The van der Waals surface area contributed by atoms with E-state index in [-0.39, 0.29) is 18.0 Å². The lowest BCUT2D eigenvalue weighted by Crippen LogP contribution is -2.53. The second kappa shape index (κ2) is 7.59. The van der Waals surface area contributed by atoms with Crippen molar-refractivity contribution in [2.45, 2.75) is 32.9 Å². The van der Waals surface area contributed by atoms with Crippen LogP contribution in [0.15, 0.2) is 67.0 Å². The third kappa shape index (κ3) is 3.56. The Morgan fingerprint density at radius 2 is 1.66 bits per heavy atom. The maximum atomic E-state index is 12.6. The molecule has 3 aromatic rings. The van der Waals surface area contributed by atoms with Gasteiger partial charge in [-0.2, -0.15) is 0 Å². The van der Waals surface area contributed by atoms with Crippen molar-refractivity contribution < 1.29 is 4.79 Å². The van der Waals surface area contributed by atoms with Crippen LogP contribution in [0.5, 0.6) is 0 Å². The molecule has 1 amide bonds. The van der Waals surface area contributed by atoms with Crippen LogP contribution in [0.1, 0.15) is 20.8 Å². The van der Waals surface area contributed by atoms with E-state index in [1.807, 2.05) is 44.3 Å². The average Bonchev–Trinajstić information content (AvgIpc) is 2.73. The lowest BCUT2D eigenvalue weighted by molar-refractivity contribution is -0.119. The van der Waals surface area contributed by atoms with E-state index in [0.717, 1.165) is 33.9 Å². The lowest BCUT2D eigenvalue weighted by atomic mass is 10.0. The Balaban J connectivity index is 1.67. The number of nitrogens with zero attached hydrogens (tertiary/aromatic N) is 3. The molecule has 1 aliphatic heterocycles. The fourth-order valence-electron chi connectivity index (χ4n) is 4.03. The number of fused-ring (bicyclic) bond motifs is 1. The highest BCUT2D eigenvalue weighted by atomic mass is 16.2. The minimum Gasteiger partial charge on any atom is -0.356 e. The van der Waals surface area contributed by atoms with Crippen LogP contribution in [-0.4, -0.2) is 30.0 Å². The van der Waals surface area contributed by atoms with Crippen molar-refractivity contribution in [1.82, 2.24) is 4.98 Å². The summed E-state index contributed by atoms with van der Waals surface area (Å²) in [5.41, 5.74) is 6.30. The summed E-state index contributed by atoms with van der Waals surface area (Å²) in [6.07, 6.45) is 3.61.